The van der Waals surface area contributed by atoms with Gasteiger partial charge in [-0.2, -0.15) is 0 Å². The van der Waals surface area contributed by atoms with Gasteiger partial charge < -0.3 is 14.8 Å². The van der Waals surface area contributed by atoms with E-state index in [2.05, 4.69) is 52.1 Å². The summed E-state index contributed by atoms with van der Waals surface area (Å²) in [6.07, 6.45) is 11.7. The smallest absolute Gasteiger partial charge is 0.193 e. The van der Waals surface area contributed by atoms with E-state index in [-0.39, 0.29) is 0 Å². The van der Waals surface area contributed by atoms with Crippen LogP contribution in [0.3, 0.4) is 0 Å². The van der Waals surface area contributed by atoms with Crippen molar-refractivity contribution < 1.29 is 0 Å². The van der Waals surface area contributed by atoms with E-state index in [1.165, 1.54) is 38.5 Å². The van der Waals surface area contributed by atoms with Gasteiger partial charge in [0.2, 0.25) is 0 Å². The highest BCUT2D eigenvalue weighted by molar-refractivity contribution is 7.98. The van der Waals surface area contributed by atoms with Crippen LogP contribution in [0.1, 0.15) is 70.7 Å². The molecule has 0 amide bonds. The first-order valence-corrected chi connectivity index (χ1v) is 11.4. The highest BCUT2D eigenvalue weighted by Crippen LogP contribution is 2.33. The zero-order chi connectivity index (χ0) is 18.8. The van der Waals surface area contributed by atoms with Crippen LogP contribution >= 0.6 is 11.8 Å². The second-order valence-corrected chi connectivity index (χ2v) is 7.80. The lowest BCUT2D eigenvalue weighted by molar-refractivity contribution is 0.458. The van der Waals surface area contributed by atoms with Crippen LogP contribution in [0.2, 0.25) is 0 Å². The number of rotatable bonds is 10. The zero-order valence-corrected chi connectivity index (χ0v) is 17.8. The van der Waals surface area contributed by atoms with Crippen LogP contribution in [0.5, 0.6) is 0 Å². The fraction of sp³-hybridized carbons (Fsp3) is 0.842. The summed E-state index contributed by atoms with van der Waals surface area (Å²) in [5, 5.41) is 13.4. The van der Waals surface area contributed by atoms with Gasteiger partial charge in [0.15, 0.2) is 11.1 Å². The van der Waals surface area contributed by atoms with Crippen LogP contribution in [-0.4, -0.2) is 58.6 Å². The number of guanidine groups is 1. The molecule has 1 aromatic heterocycles. The molecule has 6 nitrogen and oxygen atoms in total. The van der Waals surface area contributed by atoms with Crippen molar-refractivity contribution in [1.82, 2.24) is 25.0 Å². The van der Waals surface area contributed by atoms with Crippen LogP contribution in [0.4, 0.5) is 0 Å². The summed E-state index contributed by atoms with van der Waals surface area (Å²) >= 11 is 1.71. The SMILES string of the molecule is CCCCN(C)C(=NCCCc1nnc(SC)n1C1CCCC1)NCC. The molecular weight excluding hydrogens is 344 g/mol. The Labute approximate surface area is 163 Å². The Kier molecular flexibility index (Phi) is 9.29. The molecule has 1 saturated carbocycles. The molecule has 26 heavy (non-hydrogen) atoms. The Morgan fingerprint density at radius 3 is 2.69 bits per heavy atom. The summed E-state index contributed by atoms with van der Waals surface area (Å²) in [7, 11) is 2.12. The quantitative estimate of drug-likeness (QED) is 0.290. The normalized spacial score (nSPS) is 15.6. The Hall–Kier alpha value is -1.24. The third-order valence-corrected chi connectivity index (χ3v) is 5.61. The fourth-order valence-electron chi connectivity index (χ4n) is 3.54. The predicted octanol–water partition coefficient (Wildman–Crippen LogP) is 3.75. The molecule has 148 valence electrons. The molecule has 7 heteroatoms. The summed E-state index contributed by atoms with van der Waals surface area (Å²) in [4.78, 5) is 7.04. The summed E-state index contributed by atoms with van der Waals surface area (Å²) < 4.78 is 2.40. The number of thioether (sulfide) groups is 1. The van der Waals surface area contributed by atoms with Crippen molar-refractivity contribution in [1.29, 1.82) is 0 Å². The van der Waals surface area contributed by atoms with Crippen LogP contribution in [0, 0.1) is 0 Å². The maximum atomic E-state index is 4.80. The largest absolute Gasteiger partial charge is 0.357 e. The van der Waals surface area contributed by atoms with Gasteiger partial charge in [-0.1, -0.05) is 37.9 Å². The minimum absolute atomic E-state index is 0.600. The number of aryl methyl sites for hydroxylation is 1. The number of hydrogen-bond acceptors (Lipinski definition) is 4. The van der Waals surface area contributed by atoms with Gasteiger partial charge in [-0.3, -0.25) is 4.99 Å². The molecule has 0 saturated heterocycles. The molecule has 1 N–H and O–H groups in total. The summed E-state index contributed by atoms with van der Waals surface area (Å²) in [5.41, 5.74) is 0. The van der Waals surface area contributed by atoms with Crippen LogP contribution in [0.25, 0.3) is 0 Å². The van der Waals surface area contributed by atoms with Crippen molar-refractivity contribution in [3.05, 3.63) is 5.82 Å². The standard InChI is InChI=1S/C19H36N6S/c1-5-7-15-24(3)18(20-6-2)21-14-10-13-17-22-23-19(26-4)25(17)16-11-8-9-12-16/h16H,5-15H2,1-4H3,(H,20,21). The van der Waals surface area contributed by atoms with Gasteiger partial charge in [0, 0.05) is 39.1 Å². The van der Waals surface area contributed by atoms with Gasteiger partial charge >= 0.3 is 0 Å². The molecule has 1 aliphatic rings. The Morgan fingerprint density at radius 1 is 1.27 bits per heavy atom. The second-order valence-electron chi connectivity index (χ2n) is 7.03. The maximum Gasteiger partial charge on any atom is 0.193 e. The number of nitrogens with zero attached hydrogens (tertiary/aromatic N) is 5. The average molecular weight is 381 g/mol. The highest BCUT2D eigenvalue weighted by atomic mass is 32.2. The van der Waals surface area contributed by atoms with Gasteiger partial charge in [-0.15, -0.1) is 10.2 Å². The molecule has 1 aromatic rings. The topological polar surface area (TPSA) is 58.3 Å². The van der Waals surface area contributed by atoms with Crippen LogP contribution in [-0.2, 0) is 6.42 Å². The number of aliphatic imine (C=N–C) groups is 1. The van der Waals surface area contributed by atoms with E-state index in [9.17, 15) is 0 Å². The minimum Gasteiger partial charge on any atom is -0.357 e. The van der Waals surface area contributed by atoms with Gasteiger partial charge in [0.25, 0.3) is 0 Å². The van der Waals surface area contributed by atoms with Crippen molar-refractivity contribution in [3.63, 3.8) is 0 Å². The molecule has 0 atom stereocenters. The van der Waals surface area contributed by atoms with E-state index in [1.54, 1.807) is 11.8 Å². The van der Waals surface area contributed by atoms with E-state index < -0.39 is 0 Å². The lowest BCUT2D eigenvalue weighted by atomic mass is 10.2. The second kappa shape index (κ2) is 11.5. The van der Waals surface area contributed by atoms with Gasteiger partial charge in [0.05, 0.1) is 0 Å². The van der Waals surface area contributed by atoms with Crippen molar-refractivity contribution in [2.75, 3.05) is 32.9 Å². The Balaban J connectivity index is 1.92. The van der Waals surface area contributed by atoms with Crippen molar-refractivity contribution in [2.45, 2.75) is 76.4 Å². The predicted molar refractivity (Wildman–Crippen MR) is 111 cm³/mol. The van der Waals surface area contributed by atoms with E-state index in [0.717, 1.165) is 49.4 Å². The number of nitrogens with one attached hydrogen (secondary N) is 1. The maximum absolute atomic E-state index is 4.80. The first-order chi connectivity index (χ1) is 12.7. The molecule has 0 spiro atoms. The fourth-order valence-corrected chi connectivity index (χ4v) is 4.11. The molecule has 0 bridgehead atoms. The third kappa shape index (κ3) is 5.89. The van der Waals surface area contributed by atoms with Crippen molar-refractivity contribution >= 4 is 17.7 Å². The van der Waals surface area contributed by atoms with E-state index >= 15 is 0 Å². The number of hydrogen-bond donors (Lipinski definition) is 1. The van der Waals surface area contributed by atoms with Gasteiger partial charge in [0.1, 0.15) is 5.82 Å². The first-order valence-electron chi connectivity index (χ1n) is 10.2. The lowest BCUT2D eigenvalue weighted by Gasteiger charge is -2.21. The van der Waals surface area contributed by atoms with E-state index in [0.29, 0.717) is 6.04 Å². The molecule has 1 aliphatic carbocycles. The van der Waals surface area contributed by atoms with E-state index in [4.69, 9.17) is 4.99 Å². The lowest BCUT2D eigenvalue weighted by Crippen LogP contribution is -2.39. The number of aromatic nitrogens is 3. The molecule has 0 radical (unpaired) electrons. The Bertz CT molecular complexity index is 550. The molecule has 0 aromatic carbocycles. The first kappa shape index (κ1) is 21.1. The van der Waals surface area contributed by atoms with Crippen molar-refractivity contribution in [2.24, 2.45) is 4.99 Å². The zero-order valence-electron chi connectivity index (χ0n) is 17.0. The van der Waals surface area contributed by atoms with Crippen molar-refractivity contribution in [3.8, 4) is 0 Å². The molecule has 0 unspecified atom stereocenters. The molecular formula is C19H36N6S. The van der Waals surface area contributed by atoms with E-state index in [1.807, 2.05) is 0 Å². The average Bonchev–Trinajstić information content (AvgIpc) is 3.31. The molecule has 0 aliphatic heterocycles. The molecule has 1 heterocycles. The molecule has 2 rings (SSSR count). The van der Waals surface area contributed by atoms with Gasteiger partial charge in [-0.05, 0) is 38.9 Å². The summed E-state index contributed by atoms with van der Waals surface area (Å²) in [6.45, 7) is 7.13. The highest BCUT2D eigenvalue weighted by Gasteiger charge is 2.23. The third-order valence-electron chi connectivity index (χ3n) is 4.97. The monoisotopic (exact) mass is 380 g/mol. The summed E-state index contributed by atoms with van der Waals surface area (Å²) in [6, 6.07) is 0.600. The minimum atomic E-state index is 0.600. The number of unbranched alkanes of at least 4 members (excludes halogenated alkanes) is 1. The Morgan fingerprint density at radius 2 is 2.04 bits per heavy atom. The van der Waals surface area contributed by atoms with Crippen LogP contribution < -0.4 is 5.32 Å². The summed E-state index contributed by atoms with van der Waals surface area (Å²) in [5.74, 6) is 2.16. The molecule has 1 fully saturated rings. The van der Waals surface area contributed by atoms with Gasteiger partial charge in [-0.25, -0.2) is 0 Å². The van der Waals surface area contributed by atoms with Crippen LogP contribution in [0.15, 0.2) is 10.1 Å².